The molecule has 0 atom stereocenters. The summed E-state index contributed by atoms with van der Waals surface area (Å²) in [6.45, 7) is 10.1. The molecular weight excluding hydrogens is 305 g/mol. The van der Waals surface area contributed by atoms with Crippen molar-refractivity contribution in [3.63, 3.8) is 0 Å². The summed E-state index contributed by atoms with van der Waals surface area (Å²) in [6.07, 6.45) is 2.64. The maximum absolute atomic E-state index is 9.28. The van der Waals surface area contributed by atoms with E-state index in [0.717, 1.165) is 37.0 Å². The summed E-state index contributed by atoms with van der Waals surface area (Å²) in [5.41, 5.74) is 1.27. The molecule has 0 unspecified atom stereocenters. The second-order valence-electron chi connectivity index (χ2n) is 7.12. The van der Waals surface area contributed by atoms with E-state index in [1.54, 1.807) is 13.8 Å². The van der Waals surface area contributed by atoms with Crippen LogP contribution in [0.3, 0.4) is 0 Å². The van der Waals surface area contributed by atoms with Gasteiger partial charge in [0.15, 0.2) is 0 Å². The lowest BCUT2D eigenvalue weighted by Gasteiger charge is -2.32. The van der Waals surface area contributed by atoms with Crippen molar-refractivity contribution < 1.29 is 9.84 Å². The molecule has 23 heavy (non-hydrogen) atoms. The largest absolute Gasteiger partial charge is 0.389 e. The van der Waals surface area contributed by atoms with Crippen molar-refractivity contribution in [3.05, 3.63) is 29.8 Å². The normalized spacial score (nSPS) is 16.6. The molecule has 128 valence electrons. The van der Waals surface area contributed by atoms with E-state index in [0.29, 0.717) is 12.7 Å². The summed E-state index contributed by atoms with van der Waals surface area (Å²) in [6, 6.07) is 7.89. The van der Waals surface area contributed by atoms with Gasteiger partial charge < -0.3 is 15.2 Å². The minimum atomic E-state index is -0.698. The number of hydrogen-bond acceptors (Lipinski definition) is 4. The number of rotatable bonds is 4. The van der Waals surface area contributed by atoms with Crippen molar-refractivity contribution >= 4 is 25.9 Å². The van der Waals surface area contributed by atoms with Crippen molar-refractivity contribution in [3.8, 4) is 0 Å². The van der Waals surface area contributed by atoms with Gasteiger partial charge in [-0.05, 0) is 59.2 Å². The summed E-state index contributed by atoms with van der Waals surface area (Å²) < 4.78 is 5.52. The summed E-state index contributed by atoms with van der Waals surface area (Å²) in [4.78, 5) is 0. The van der Waals surface area contributed by atoms with Crippen molar-refractivity contribution in [2.75, 3.05) is 13.1 Å². The molecule has 0 aromatic heterocycles. The van der Waals surface area contributed by atoms with Crippen LogP contribution in [0.15, 0.2) is 24.3 Å². The summed E-state index contributed by atoms with van der Waals surface area (Å²) >= 11 is 4.19. The van der Waals surface area contributed by atoms with E-state index in [2.05, 4.69) is 24.0 Å². The average molecular weight is 335 g/mol. The standard InChI is InChI=1S/C12H16BNO.C6H14OS/c13-11-3-1-2-10(8-11)9-15-12-4-6-14-7-5-12;1-5(2,7)6(3,4)8/h1-3,8,12,14H,4-7,9H2;7-8H,1-4H3. The minimum absolute atomic E-state index is 0.312. The number of piperidine rings is 1. The molecular formula is C18H30BNO2S. The third-order valence-electron chi connectivity index (χ3n) is 4.22. The van der Waals surface area contributed by atoms with Crippen LogP contribution >= 0.6 is 12.6 Å². The van der Waals surface area contributed by atoms with Gasteiger partial charge in [-0.15, -0.1) is 0 Å². The fourth-order valence-corrected chi connectivity index (χ4v) is 1.86. The Labute approximate surface area is 148 Å². The number of aliphatic hydroxyl groups is 1. The van der Waals surface area contributed by atoms with Gasteiger partial charge in [0.2, 0.25) is 0 Å². The Bertz CT molecular complexity index is 451. The van der Waals surface area contributed by atoms with Gasteiger partial charge in [-0.1, -0.05) is 29.7 Å². The molecule has 0 amide bonds. The van der Waals surface area contributed by atoms with Crippen LogP contribution in [0, 0.1) is 0 Å². The molecule has 1 fully saturated rings. The number of ether oxygens (including phenoxy) is 1. The van der Waals surface area contributed by atoms with E-state index in [4.69, 9.17) is 12.6 Å². The predicted molar refractivity (Wildman–Crippen MR) is 102 cm³/mol. The van der Waals surface area contributed by atoms with Gasteiger partial charge in [0.1, 0.15) is 7.85 Å². The van der Waals surface area contributed by atoms with E-state index in [1.807, 2.05) is 32.0 Å². The first-order valence-corrected chi connectivity index (χ1v) is 8.66. The average Bonchev–Trinajstić information content (AvgIpc) is 2.45. The highest BCUT2D eigenvalue weighted by Crippen LogP contribution is 2.26. The van der Waals surface area contributed by atoms with Crippen LogP contribution in [0.1, 0.15) is 46.1 Å². The van der Waals surface area contributed by atoms with Crippen molar-refractivity contribution in [1.29, 1.82) is 0 Å². The fourth-order valence-electron chi connectivity index (χ4n) is 1.86. The monoisotopic (exact) mass is 335 g/mol. The quantitative estimate of drug-likeness (QED) is 0.584. The SMILES string of the molecule is CC(C)(O)C(C)(C)S.[B]c1cccc(COC2CCNCC2)c1. The van der Waals surface area contributed by atoms with E-state index >= 15 is 0 Å². The third kappa shape index (κ3) is 8.25. The maximum atomic E-state index is 9.28. The van der Waals surface area contributed by atoms with Crippen LogP contribution in [0.5, 0.6) is 0 Å². The topological polar surface area (TPSA) is 41.5 Å². The first-order valence-electron chi connectivity index (χ1n) is 8.21. The van der Waals surface area contributed by atoms with Gasteiger partial charge in [-0.3, -0.25) is 0 Å². The van der Waals surface area contributed by atoms with Gasteiger partial charge in [-0.2, -0.15) is 12.6 Å². The number of nitrogens with one attached hydrogen (secondary N) is 1. The molecule has 1 aromatic carbocycles. The molecule has 1 aliphatic rings. The number of benzene rings is 1. The molecule has 1 aliphatic heterocycles. The Kier molecular flexibility index (Phi) is 8.15. The van der Waals surface area contributed by atoms with Crippen LogP contribution in [0.2, 0.25) is 0 Å². The number of thiol groups is 1. The second kappa shape index (κ2) is 9.12. The molecule has 1 aromatic rings. The molecule has 2 rings (SSSR count). The Morgan fingerprint density at radius 3 is 2.30 bits per heavy atom. The van der Waals surface area contributed by atoms with Gasteiger partial charge in [0.25, 0.3) is 0 Å². The summed E-state index contributed by atoms with van der Waals surface area (Å²) in [7, 11) is 5.70. The number of hydrogen-bond donors (Lipinski definition) is 3. The van der Waals surface area contributed by atoms with E-state index in [-0.39, 0.29) is 4.75 Å². The molecule has 0 saturated carbocycles. The summed E-state index contributed by atoms with van der Waals surface area (Å²) in [5.74, 6) is 0. The van der Waals surface area contributed by atoms with Crippen LogP contribution < -0.4 is 10.8 Å². The van der Waals surface area contributed by atoms with E-state index < -0.39 is 5.60 Å². The molecule has 2 N–H and O–H groups in total. The first kappa shape index (κ1) is 20.6. The van der Waals surface area contributed by atoms with Crippen molar-refractivity contribution in [2.45, 2.75) is 63.6 Å². The van der Waals surface area contributed by atoms with Gasteiger partial charge in [0, 0.05) is 4.75 Å². The molecule has 1 saturated heterocycles. The molecule has 5 heteroatoms. The van der Waals surface area contributed by atoms with Crippen molar-refractivity contribution in [1.82, 2.24) is 5.32 Å². The lowest BCUT2D eigenvalue weighted by molar-refractivity contribution is 0.0212. The fraction of sp³-hybridized carbons (Fsp3) is 0.667. The van der Waals surface area contributed by atoms with Gasteiger partial charge in [0.05, 0.1) is 18.3 Å². The van der Waals surface area contributed by atoms with E-state index in [9.17, 15) is 5.11 Å². The molecule has 3 nitrogen and oxygen atoms in total. The third-order valence-corrected chi connectivity index (χ3v) is 4.77. The second-order valence-corrected chi connectivity index (χ2v) is 8.24. The molecule has 0 bridgehead atoms. The minimum Gasteiger partial charge on any atom is -0.389 e. The Balaban J connectivity index is 0.000000284. The van der Waals surface area contributed by atoms with Crippen LogP contribution in [-0.4, -0.2) is 42.5 Å². The highest BCUT2D eigenvalue weighted by molar-refractivity contribution is 7.81. The molecule has 2 radical (unpaired) electrons. The zero-order chi connectivity index (χ0) is 17.5. The zero-order valence-electron chi connectivity index (χ0n) is 14.8. The summed E-state index contributed by atoms with van der Waals surface area (Å²) in [5, 5.41) is 12.6. The highest BCUT2D eigenvalue weighted by atomic mass is 32.1. The Morgan fingerprint density at radius 2 is 1.83 bits per heavy atom. The van der Waals surface area contributed by atoms with Crippen LogP contribution in [0.25, 0.3) is 0 Å². The van der Waals surface area contributed by atoms with Crippen LogP contribution in [-0.2, 0) is 11.3 Å². The van der Waals surface area contributed by atoms with Crippen molar-refractivity contribution in [2.24, 2.45) is 0 Å². The zero-order valence-corrected chi connectivity index (χ0v) is 15.7. The van der Waals surface area contributed by atoms with Gasteiger partial charge >= 0.3 is 0 Å². The highest BCUT2D eigenvalue weighted by Gasteiger charge is 2.30. The maximum Gasteiger partial charge on any atom is 0.113 e. The van der Waals surface area contributed by atoms with E-state index in [1.165, 1.54) is 0 Å². The Hall–Kier alpha value is -0.485. The first-order chi connectivity index (χ1) is 10.6. The molecule has 0 aliphatic carbocycles. The van der Waals surface area contributed by atoms with Gasteiger partial charge in [-0.25, -0.2) is 0 Å². The molecule has 1 heterocycles. The lowest BCUT2D eigenvalue weighted by atomic mass is 9.94. The Morgan fingerprint density at radius 1 is 1.26 bits per heavy atom. The van der Waals surface area contributed by atoms with Crippen LogP contribution in [0.4, 0.5) is 0 Å². The predicted octanol–water partition coefficient (Wildman–Crippen LogP) is 2.21. The molecule has 0 spiro atoms. The lowest BCUT2D eigenvalue weighted by Crippen LogP contribution is -2.40. The smallest absolute Gasteiger partial charge is 0.113 e.